The Hall–Kier alpha value is -1.28. The molecule has 2 rings (SSSR count). The lowest BCUT2D eigenvalue weighted by Gasteiger charge is -2.23. The number of hydrogen-bond acceptors (Lipinski definition) is 2. The molecule has 0 N–H and O–H groups in total. The second-order valence-corrected chi connectivity index (χ2v) is 5.63. The van der Waals surface area contributed by atoms with Crippen LogP contribution in [0.25, 0.3) is 0 Å². The second kappa shape index (κ2) is 6.76. The van der Waals surface area contributed by atoms with Crippen LogP contribution in [0.1, 0.15) is 38.7 Å². The van der Waals surface area contributed by atoms with Crippen LogP contribution in [0.4, 0.5) is 0 Å². The number of rotatable bonds is 5. The standard InChI is InChI=1S/C17H25NO/c1-14(2)6-9-16-5-4-12-18(16)13-15-7-10-17(19-3)11-8-15/h6-8,10-11,16H,4-5,9,12-13H2,1-3H3. The Morgan fingerprint density at radius 1 is 1.32 bits per heavy atom. The Morgan fingerprint density at radius 2 is 2.05 bits per heavy atom. The fourth-order valence-electron chi connectivity index (χ4n) is 2.71. The molecule has 1 atom stereocenters. The van der Waals surface area contributed by atoms with Gasteiger partial charge in [-0.1, -0.05) is 23.8 Å². The van der Waals surface area contributed by atoms with E-state index in [4.69, 9.17) is 4.74 Å². The molecule has 0 saturated carbocycles. The molecule has 0 radical (unpaired) electrons. The predicted octanol–water partition coefficient (Wildman–Crippen LogP) is 4.02. The van der Waals surface area contributed by atoms with Crippen LogP contribution in [-0.2, 0) is 6.54 Å². The molecule has 1 heterocycles. The second-order valence-electron chi connectivity index (χ2n) is 5.63. The van der Waals surface area contributed by atoms with Gasteiger partial charge in [0.2, 0.25) is 0 Å². The monoisotopic (exact) mass is 259 g/mol. The number of methoxy groups -OCH3 is 1. The Bertz CT molecular complexity index is 417. The fraction of sp³-hybridized carbons (Fsp3) is 0.529. The lowest BCUT2D eigenvalue weighted by atomic mass is 10.1. The molecule has 1 aromatic rings. The zero-order valence-electron chi connectivity index (χ0n) is 12.4. The summed E-state index contributed by atoms with van der Waals surface area (Å²) in [5.74, 6) is 0.936. The SMILES string of the molecule is COc1ccc(CN2CCCC2CC=C(C)C)cc1. The number of hydrogen-bond donors (Lipinski definition) is 0. The third-order valence-electron chi connectivity index (χ3n) is 3.84. The maximum atomic E-state index is 5.20. The van der Waals surface area contributed by atoms with Crippen LogP contribution in [0, 0.1) is 0 Å². The summed E-state index contributed by atoms with van der Waals surface area (Å²) in [6.07, 6.45) is 6.23. The summed E-state index contributed by atoms with van der Waals surface area (Å²) >= 11 is 0. The van der Waals surface area contributed by atoms with Crippen molar-refractivity contribution in [1.82, 2.24) is 4.90 Å². The smallest absolute Gasteiger partial charge is 0.118 e. The van der Waals surface area contributed by atoms with Crippen molar-refractivity contribution in [3.8, 4) is 5.75 Å². The Kier molecular flexibility index (Phi) is 5.03. The van der Waals surface area contributed by atoms with Crippen LogP contribution in [0.3, 0.4) is 0 Å². The van der Waals surface area contributed by atoms with Gasteiger partial charge >= 0.3 is 0 Å². The van der Waals surface area contributed by atoms with Gasteiger partial charge in [0.15, 0.2) is 0 Å². The third kappa shape index (κ3) is 4.10. The molecular formula is C17H25NO. The average molecular weight is 259 g/mol. The van der Waals surface area contributed by atoms with Crippen LogP contribution >= 0.6 is 0 Å². The number of ether oxygens (including phenoxy) is 1. The van der Waals surface area contributed by atoms with Crippen molar-refractivity contribution in [2.45, 2.75) is 45.7 Å². The van der Waals surface area contributed by atoms with E-state index in [1.165, 1.54) is 36.9 Å². The van der Waals surface area contributed by atoms with Crippen molar-refractivity contribution >= 4 is 0 Å². The number of likely N-dealkylation sites (tertiary alicyclic amines) is 1. The summed E-state index contributed by atoms with van der Waals surface area (Å²) in [7, 11) is 1.71. The molecule has 0 amide bonds. The van der Waals surface area contributed by atoms with Gasteiger partial charge in [-0.05, 0) is 57.4 Å². The highest BCUT2D eigenvalue weighted by Crippen LogP contribution is 2.24. The van der Waals surface area contributed by atoms with E-state index in [1.807, 2.05) is 0 Å². The van der Waals surface area contributed by atoms with Gasteiger partial charge in [-0.3, -0.25) is 4.90 Å². The molecule has 0 spiro atoms. The van der Waals surface area contributed by atoms with Gasteiger partial charge in [0.05, 0.1) is 7.11 Å². The molecule has 0 aromatic heterocycles. The van der Waals surface area contributed by atoms with E-state index < -0.39 is 0 Å². The van der Waals surface area contributed by atoms with E-state index in [0.29, 0.717) is 0 Å². The molecule has 1 aliphatic heterocycles. The van der Waals surface area contributed by atoms with Gasteiger partial charge in [0.25, 0.3) is 0 Å². The molecule has 1 saturated heterocycles. The lowest BCUT2D eigenvalue weighted by molar-refractivity contribution is 0.246. The van der Waals surface area contributed by atoms with E-state index in [2.05, 4.69) is 49.1 Å². The Labute approximate surface area is 117 Å². The van der Waals surface area contributed by atoms with Crippen molar-refractivity contribution in [2.75, 3.05) is 13.7 Å². The Morgan fingerprint density at radius 3 is 2.68 bits per heavy atom. The van der Waals surface area contributed by atoms with Gasteiger partial charge in [-0.2, -0.15) is 0 Å². The van der Waals surface area contributed by atoms with Gasteiger partial charge in [-0.25, -0.2) is 0 Å². The quantitative estimate of drug-likeness (QED) is 0.741. The molecule has 104 valence electrons. The summed E-state index contributed by atoms with van der Waals surface area (Å²) in [6.45, 7) is 6.66. The first-order chi connectivity index (χ1) is 9.19. The zero-order valence-corrected chi connectivity index (χ0v) is 12.4. The highest BCUT2D eigenvalue weighted by molar-refractivity contribution is 5.27. The number of nitrogens with zero attached hydrogens (tertiary/aromatic N) is 1. The normalized spacial score (nSPS) is 19.4. The summed E-state index contributed by atoms with van der Waals surface area (Å²) in [5, 5.41) is 0. The van der Waals surface area contributed by atoms with Crippen LogP contribution < -0.4 is 4.74 Å². The van der Waals surface area contributed by atoms with E-state index in [0.717, 1.165) is 18.3 Å². The maximum absolute atomic E-state index is 5.20. The summed E-state index contributed by atoms with van der Waals surface area (Å²) in [5.41, 5.74) is 2.81. The maximum Gasteiger partial charge on any atom is 0.118 e. The van der Waals surface area contributed by atoms with Gasteiger partial charge in [0.1, 0.15) is 5.75 Å². The molecule has 1 aromatic carbocycles. The van der Waals surface area contributed by atoms with Gasteiger partial charge in [0, 0.05) is 12.6 Å². The van der Waals surface area contributed by atoms with E-state index in [1.54, 1.807) is 7.11 Å². The van der Waals surface area contributed by atoms with Gasteiger partial charge < -0.3 is 4.74 Å². The molecular weight excluding hydrogens is 234 g/mol. The molecule has 0 aliphatic carbocycles. The first-order valence-corrected chi connectivity index (χ1v) is 7.19. The summed E-state index contributed by atoms with van der Waals surface area (Å²) in [4.78, 5) is 2.61. The van der Waals surface area contributed by atoms with Crippen LogP contribution in [0.15, 0.2) is 35.9 Å². The minimum absolute atomic E-state index is 0.719. The number of benzene rings is 1. The van der Waals surface area contributed by atoms with Crippen molar-refractivity contribution in [3.63, 3.8) is 0 Å². The van der Waals surface area contributed by atoms with E-state index in [9.17, 15) is 0 Å². The lowest BCUT2D eigenvalue weighted by Crippen LogP contribution is -2.28. The molecule has 19 heavy (non-hydrogen) atoms. The van der Waals surface area contributed by atoms with Crippen LogP contribution in [0.2, 0.25) is 0 Å². The van der Waals surface area contributed by atoms with Crippen LogP contribution in [0.5, 0.6) is 5.75 Å². The van der Waals surface area contributed by atoms with Crippen molar-refractivity contribution in [1.29, 1.82) is 0 Å². The minimum Gasteiger partial charge on any atom is -0.497 e. The fourth-order valence-corrected chi connectivity index (χ4v) is 2.71. The van der Waals surface area contributed by atoms with E-state index >= 15 is 0 Å². The Balaban J connectivity index is 1.94. The predicted molar refractivity (Wildman–Crippen MR) is 80.5 cm³/mol. The first kappa shape index (κ1) is 14.1. The highest BCUT2D eigenvalue weighted by Gasteiger charge is 2.23. The topological polar surface area (TPSA) is 12.5 Å². The van der Waals surface area contributed by atoms with Gasteiger partial charge in [-0.15, -0.1) is 0 Å². The third-order valence-corrected chi connectivity index (χ3v) is 3.84. The molecule has 0 bridgehead atoms. The first-order valence-electron chi connectivity index (χ1n) is 7.19. The number of allylic oxidation sites excluding steroid dienone is 1. The molecule has 2 nitrogen and oxygen atoms in total. The summed E-state index contributed by atoms with van der Waals surface area (Å²) in [6, 6.07) is 9.18. The molecule has 1 aliphatic rings. The minimum atomic E-state index is 0.719. The zero-order chi connectivity index (χ0) is 13.7. The summed E-state index contributed by atoms with van der Waals surface area (Å²) < 4.78 is 5.20. The highest BCUT2D eigenvalue weighted by atomic mass is 16.5. The van der Waals surface area contributed by atoms with Crippen molar-refractivity contribution < 1.29 is 4.74 Å². The van der Waals surface area contributed by atoms with E-state index in [-0.39, 0.29) is 0 Å². The molecule has 2 heteroatoms. The molecule has 1 unspecified atom stereocenters. The average Bonchev–Trinajstić information content (AvgIpc) is 2.84. The van der Waals surface area contributed by atoms with Crippen molar-refractivity contribution in [3.05, 3.63) is 41.5 Å². The van der Waals surface area contributed by atoms with Crippen LogP contribution in [-0.4, -0.2) is 24.6 Å². The molecule has 1 fully saturated rings. The largest absolute Gasteiger partial charge is 0.497 e. The van der Waals surface area contributed by atoms with Crippen molar-refractivity contribution in [2.24, 2.45) is 0 Å².